The van der Waals surface area contributed by atoms with Crippen LogP contribution in [0, 0.1) is 0 Å². The summed E-state index contributed by atoms with van der Waals surface area (Å²) < 4.78 is 11.8. The molecule has 0 spiro atoms. The Morgan fingerprint density at radius 2 is 1.96 bits per heavy atom. The van der Waals surface area contributed by atoms with E-state index in [9.17, 15) is 4.79 Å². The van der Waals surface area contributed by atoms with E-state index in [4.69, 9.17) is 20.2 Å². The summed E-state index contributed by atoms with van der Waals surface area (Å²) in [5.41, 5.74) is 7.94. The van der Waals surface area contributed by atoms with Crippen molar-refractivity contribution >= 4 is 16.8 Å². The fraction of sp³-hybridized carbons (Fsp3) is 0.238. The van der Waals surface area contributed by atoms with Crippen LogP contribution >= 0.6 is 0 Å². The third kappa shape index (κ3) is 3.44. The molecule has 1 saturated heterocycles. The summed E-state index contributed by atoms with van der Waals surface area (Å²) in [6, 6.07) is 17.3. The summed E-state index contributed by atoms with van der Waals surface area (Å²) in [4.78, 5) is 16.2. The highest BCUT2D eigenvalue weighted by Gasteiger charge is 2.29. The zero-order valence-electron chi connectivity index (χ0n) is 15.0. The molecule has 2 aromatic carbocycles. The molecule has 4 rings (SSSR count). The Bertz CT molecular complexity index is 975. The molecule has 2 unspecified atom stereocenters. The van der Waals surface area contributed by atoms with Crippen molar-refractivity contribution in [2.45, 2.75) is 18.6 Å². The molecular formula is C21H21N3O3. The number of rotatable bonds is 5. The van der Waals surface area contributed by atoms with Crippen LogP contribution in [0.25, 0.3) is 22.2 Å². The highest BCUT2D eigenvalue weighted by Crippen LogP contribution is 2.35. The minimum Gasteiger partial charge on any atom is -0.494 e. The number of nitrogens with zero attached hydrogens (tertiary/aromatic N) is 1. The predicted molar refractivity (Wildman–Crippen MR) is 104 cm³/mol. The number of nitrogens with one attached hydrogen (secondary N) is 1. The van der Waals surface area contributed by atoms with Crippen LogP contribution in [-0.4, -0.2) is 36.7 Å². The number of aromatic nitrogens is 1. The van der Waals surface area contributed by atoms with Crippen LogP contribution in [-0.2, 0) is 4.79 Å². The van der Waals surface area contributed by atoms with Gasteiger partial charge in [-0.2, -0.15) is 0 Å². The molecule has 0 aliphatic carbocycles. The monoisotopic (exact) mass is 363 g/mol. The number of fused-ring (bicyclic) bond motifs is 1. The van der Waals surface area contributed by atoms with E-state index >= 15 is 0 Å². The second kappa shape index (κ2) is 7.25. The van der Waals surface area contributed by atoms with E-state index < -0.39 is 0 Å². The van der Waals surface area contributed by atoms with E-state index in [1.165, 1.54) is 0 Å². The zero-order valence-corrected chi connectivity index (χ0v) is 15.0. The van der Waals surface area contributed by atoms with Crippen LogP contribution < -0.4 is 20.5 Å². The van der Waals surface area contributed by atoms with Gasteiger partial charge in [0.1, 0.15) is 23.1 Å². The number of carbonyl (C=O) groups excluding carboxylic acids is 1. The van der Waals surface area contributed by atoms with Crippen LogP contribution in [0.1, 0.15) is 6.42 Å². The van der Waals surface area contributed by atoms with Gasteiger partial charge >= 0.3 is 0 Å². The molecule has 1 amide bonds. The predicted octanol–water partition coefficient (Wildman–Crippen LogP) is 2.51. The van der Waals surface area contributed by atoms with Gasteiger partial charge in [-0.1, -0.05) is 36.4 Å². The SMILES string of the molecule is COc1cccc2c(OC3CNC(C(N)=O)C3)cc(-c3ccccc3)nc12. The van der Waals surface area contributed by atoms with Crippen LogP contribution in [0.4, 0.5) is 0 Å². The summed E-state index contributed by atoms with van der Waals surface area (Å²) in [6.45, 7) is 0.571. The number of nitrogens with two attached hydrogens (primary N) is 1. The van der Waals surface area contributed by atoms with E-state index in [1.807, 2.05) is 54.6 Å². The molecule has 1 fully saturated rings. The first kappa shape index (κ1) is 17.3. The van der Waals surface area contributed by atoms with Crippen LogP contribution in [0.5, 0.6) is 11.5 Å². The minimum atomic E-state index is -0.355. The highest BCUT2D eigenvalue weighted by molar-refractivity contribution is 5.92. The molecule has 1 aromatic heterocycles. The Morgan fingerprint density at radius 3 is 2.67 bits per heavy atom. The van der Waals surface area contributed by atoms with Crippen molar-refractivity contribution in [1.82, 2.24) is 10.3 Å². The topological polar surface area (TPSA) is 86.5 Å². The van der Waals surface area contributed by atoms with E-state index in [1.54, 1.807) is 7.11 Å². The van der Waals surface area contributed by atoms with Crippen LogP contribution in [0.15, 0.2) is 54.6 Å². The number of para-hydroxylation sites is 1. The number of benzene rings is 2. The molecule has 3 N–H and O–H groups in total. The van der Waals surface area contributed by atoms with Gasteiger partial charge in [-0.25, -0.2) is 4.98 Å². The fourth-order valence-electron chi connectivity index (χ4n) is 3.40. The second-order valence-corrected chi connectivity index (χ2v) is 6.57. The number of hydrogen-bond donors (Lipinski definition) is 2. The van der Waals surface area contributed by atoms with Gasteiger partial charge in [0.25, 0.3) is 0 Å². The van der Waals surface area contributed by atoms with Gasteiger partial charge < -0.3 is 20.5 Å². The molecule has 1 aliphatic heterocycles. The Kier molecular flexibility index (Phi) is 4.64. The average Bonchev–Trinajstić information content (AvgIpc) is 3.17. The Balaban J connectivity index is 1.77. The summed E-state index contributed by atoms with van der Waals surface area (Å²) in [5, 5.41) is 3.98. The van der Waals surface area contributed by atoms with E-state index in [-0.39, 0.29) is 18.1 Å². The molecule has 6 nitrogen and oxygen atoms in total. The van der Waals surface area contributed by atoms with Gasteiger partial charge in [-0.05, 0) is 12.1 Å². The van der Waals surface area contributed by atoms with Crippen molar-refractivity contribution in [2.24, 2.45) is 5.73 Å². The van der Waals surface area contributed by atoms with Crippen molar-refractivity contribution in [3.63, 3.8) is 0 Å². The highest BCUT2D eigenvalue weighted by atomic mass is 16.5. The number of carbonyl (C=O) groups is 1. The standard InChI is InChI=1S/C21H21N3O3/c1-26-18-9-5-8-15-19(27-14-10-17(21(22)25)23-12-14)11-16(24-20(15)18)13-6-3-2-4-7-13/h2-9,11,14,17,23H,10,12H2,1H3,(H2,22,25). The van der Waals surface area contributed by atoms with Gasteiger partial charge in [0.05, 0.1) is 18.8 Å². The number of amides is 1. The maximum Gasteiger partial charge on any atom is 0.234 e. The number of primary amides is 1. The van der Waals surface area contributed by atoms with Crippen molar-refractivity contribution in [3.8, 4) is 22.8 Å². The van der Waals surface area contributed by atoms with E-state index in [0.717, 1.165) is 27.9 Å². The van der Waals surface area contributed by atoms with Crippen molar-refractivity contribution in [1.29, 1.82) is 0 Å². The van der Waals surface area contributed by atoms with Gasteiger partial charge in [0.15, 0.2) is 0 Å². The summed E-state index contributed by atoms with van der Waals surface area (Å²) in [7, 11) is 1.63. The van der Waals surface area contributed by atoms with Gasteiger partial charge in [0.2, 0.25) is 5.91 Å². The van der Waals surface area contributed by atoms with Crippen molar-refractivity contribution in [3.05, 3.63) is 54.6 Å². The Hall–Kier alpha value is -3.12. The number of ether oxygens (including phenoxy) is 2. The summed E-state index contributed by atoms with van der Waals surface area (Å²) in [6.07, 6.45) is 0.409. The molecule has 1 aliphatic rings. The Labute approximate surface area is 157 Å². The minimum absolute atomic E-state index is 0.136. The first-order valence-electron chi connectivity index (χ1n) is 8.88. The van der Waals surface area contributed by atoms with E-state index in [2.05, 4.69) is 5.32 Å². The third-order valence-electron chi connectivity index (χ3n) is 4.78. The molecule has 3 aromatic rings. The summed E-state index contributed by atoms with van der Waals surface area (Å²) >= 11 is 0. The molecule has 138 valence electrons. The smallest absolute Gasteiger partial charge is 0.234 e. The molecular weight excluding hydrogens is 342 g/mol. The lowest BCUT2D eigenvalue weighted by Gasteiger charge is -2.17. The number of hydrogen-bond acceptors (Lipinski definition) is 5. The lowest BCUT2D eigenvalue weighted by atomic mass is 10.1. The maximum atomic E-state index is 11.4. The van der Waals surface area contributed by atoms with Crippen molar-refractivity contribution < 1.29 is 14.3 Å². The quantitative estimate of drug-likeness (QED) is 0.727. The van der Waals surface area contributed by atoms with Crippen LogP contribution in [0.2, 0.25) is 0 Å². The fourth-order valence-corrected chi connectivity index (χ4v) is 3.40. The Morgan fingerprint density at radius 1 is 1.15 bits per heavy atom. The number of pyridine rings is 1. The largest absolute Gasteiger partial charge is 0.494 e. The molecule has 27 heavy (non-hydrogen) atoms. The first-order valence-corrected chi connectivity index (χ1v) is 8.88. The first-order chi connectivity index (χ1) is 13.2. The van der Waals surface area contributed by atoms with E-state index in [0.29, 0.717) is 18.7 Å². The lowest BCUT2D eigenvalue weighted by Crippen LogP contribution is -2.36. The molecule has 2 atom stereocenters. The third-order valence-corrected chi connectivity index (χ3v) is 4.78. The molecule has 0 bridgehead atoms. The normalized spacial score (nSPS) is 19.1. The molecule has 0 radical (unpaired) electrons. The van der Waals surface area contributed by atoms with Gasteiger partial charge in [-0.15, -0.1) is 0 Å². The number of methoxy groups -OCH3 is 1. The summed E-state index contributed by atoms with van der Waals surface area (Å²) in [5.74, 6) is 1.05. The molecule has 2 heterocycles. The average molecular weight is 363 g/mol. The van der Waals surface area contributed by atoms with Gasteiger partial charge in [-0.3, -0.25) is 4.79 Å². The zero-order chi connectivity index (χ0) is 18.8. The lowest BCUT2D eigenvalue weighted by molar-refractivity contribution is -0.119. The molecule has 0 saturated carbocycles. The molecule has 6 heteroatoms. The maximum absolute atomic E-state index is 11.4. The van der Waals surface area contributed by atoms with Gasteiger partial charge in [0, 0.05) is 30.0 Å². The second-order valence-electron chi connectivity index (χ2n) is 6.57. The van der Waals surface area contributed by atoms with Crippen molar-refractivity contribution in [2.75, 3.05) is 13.7 Å². The van der Waals surface area contributed by atoms with Crippen LogP contribution in [0.3, 0.4) is 0 Å².